The van der Waals surface area contributed by atoms with Crippen LogP contribution in [0.3, 0.4) is 0 Å². The Hall–Kier alpha value is 3.17. The molecule has 13 heteroatoms. The smallest absolute Gasteiger partial charge is 0.822 e. The van der Waals surface area contributed by atoms with Gasteiger partial charge < -0.3 is 38.5 Å². The normalized spacial score (nSPS) is 9.08. The Bertz CT molecular complexity index is 134. The molecule has 13 heavy (non-hydrogen) atoms. The van der Waals surface area contributed by atoms with Gasteiger partial charge in [0.25, 0.3) is 0 Å². The van der Waals surface area contributed by atoms with Crippen molar-refractivity contribution in [1.82, 2.24) is 0 Å². The van der Waals surface area contributed by atoms with Gasteiger partial charge in [0, 0.05) is 16.5 Å². The zero-order chi connectivity index (χ0) is 9.00. The molecule has 0 aliphatic rings. The minimum Gasteiger partial charge on any atom is -0.822 e. The topological polar surface area (TPSA) is 172 Å². The first kappa shape index (κ1) is 29.8. The summed E-state index contributed by atoms with van der Waals surface area (Å²) in [7, 11) is -10.8. The summed E-state index contributed by atoms with van der Waals surface area (Å²) < 4.78 is 17.1. The van der Waals surface area contributed by atoms with Crippen molar-refractivity contribution >= 4 is 64.5 Å². The molecule has 0 fully saturated rings. The molecular weight excluding hydrogens is 477 g/mol. The summed E-state index contributed by atoms with van der Waals surface area (Å²) in [6.45, 7) is 0. The maximum Gasteiger partial charge on any atom is 4.00 e. The van der Waals surface area contributed by atoms with Crippen molar-refractivity contribution in [3.8, 4) is 0 Å². The van der Waals surface area contributed by atoms with E-state index in [4.69, 9.17) is 38.5 Å². The summed E-state index contributed by atoms with van der Waals surface area (Å²) in [6.07, 6.45) is 0. The molecule has 0 aliphatic carbocycles. The monoisotopic (exact) mass is 476 g/mol. The maximum absolute atomic E-state index is 8.55. The molecule has 0 heterocycles. The SMILES string of the molecule is O=P([O-])([O-])[O-].O=P([O-])([O-])[O-].[Ba+2].[Ni].[Zr+4]. The quantitative estimate of drug-likeness (QED) is 0.245. The van der Waals surface area contributed by atoms with Gasteiger partial charge in [-0.1, -0.05) is 0 Å². The van der Waals surface area contributed by atoms with E-state index in [2.05, 4.69) is 0 Å². The predicted octanol–water partition coefficient (Wildman–Crippen LogP) is -6.04. The van der Waals surface area contributed by atoms with Crippen LogP contribution in [0.5, 0.6) is 0 Å². The van der Waals surface area contributed by atoms with E-state index in [1.165, 1.54) is 0 Å². The Morgan fingerprint density at radius 1 is 0.692 bits per heavy atom. The van der Waals surface area contributed by atoms with E-state index in [0.29, 0.717) is 0 Å². The van der Waals surface area contributed by atoms with Crippen LogP contribution in [0.15, 0.2) is 0 Å². The van der Waals surface area contributed by atoms with Crippen LogP contribution in [-0.2, 0) is 51.8 Å². The summed E-state index contributed by atoms with van der Waals surface area (Å²) in [5.41, 5.74) is 0. The molecule has 0 atom stereocenters. The van der Waals surface area contributed by atoms with Gasteiger partial charge in [0.1, 0.15) is 0 Å². The van der Waals surface area contributed by atoms with Gasteiger partial charge in [0.05, 0.1) is 0 Å². The predicted molar refractivity (Wildman–Crippen MR) is 21.0 cm³/mol. The fraction of sp³-hybridized carbons (Fsp3) is 0. The van der Waals surface area contributed by atoms with Crippen LogP contribution in [0, 0.1) is 0 Å². The number of rotatable bonds is 0. The standard InChI is InChI=1S/Ba.Ni.2H3O4P.Zr/c;;2*1-5(2,3)4;/h;;2*(H3,1,2,3,4);/q+2;;;;+4/p-6. The van der Waals surface area contributed by atoms with Crippen molar-refractivity contribution in [2.75, 3.05) is 0 Å². The van der Waals surface area contributed by atoms with E-state index in [9.17, 15) is 0 Å². The van der Waals surface area contributed by atoms with Crippen molar-refractivity contribution < 1.29 is 81.2 Å². The first-order chi connectivity index (χ1) is 4.00. The molecule has 0 unspecified atom stereocenters. The maximum atomic E-state index is 8.55. The van der Waals surface area contributed by atoms with Crippen LogP contribution in [0.4, 0.5) is 0 Å². The van der Waals surface area contributed by atoms with Crippen molar-refractivity contribution in [1.29, 1.82) is 0 Å². The van der Waals surface area contributed by atoms with Crippen LogP contribution in [-0.4, -0.2) is 48.9 Å². The third-order valence-corrected chi connectivity index (χ3v) is 0. The van der Waals surface area contributed by atoms with Gasteiger partial charge in [-0.05, 0) is 0 Å². The summed E-state index contributed by atoms with van der Waals surface area (Å²) in [5.74, 6) is 0. The molecule has 0 aliphatic heterocycles. The summed E-state index contributed by atoms with van der Waals surface area (Å²) in [5, 5.41) is 0. The molecule has 0 bridgehead atoms. The second-order valence-corrected chi connectivity index (χ2v) is 2.68. The summed E-state index contributed by atoms with van der Waals surface area (Å²) >= 11 is 0. The zero-order valence-corrected chi connectivity index (χ0v) is 15.4. The van der Waals surface area contributed by atoms with Gasteiger partial charge in [-0.2, -0.15) is 15.6 Å². The Labute approximate surface area is 143 Å². The van der Waals surface area contributed by atoms with Gasteiger partial charge >= 0.3 is 75.1 Å². The Morgan fingerprint density at radius 3 is 0.692 bits per heavy atom. The first-order valence-corrected chi connectivity index (χ1v) is 4.38. The minimum atomic E-state index is -5.39. The molecule has 0 aromatic rings. The second-order valence-electron chi connectivity index (χ2n) is 0.894. The molecule has 0 saturated heterocycles. The van der Waals surface area contributed by atoms with Crippen molar-refractivity contribution in [3.05, 3.63) is 0 Å². The van der Waals surface area contributed by atoms with Crippen molar-refractivity contribution in [2.24, 2.45) is 0 Å². The Morgan fingerprint density at radius 2 is 0.692 bits per heavy atom. The minimum absolute atomic E-state index is 0. The van der Waals surface area contributed by atoms with Crippen molar-refractivity contribution in [2.45, 2.75) is 0 Å². The molecule has 8 nitrogen and oxygen atoms in total. The molecule has 0 amide bonds. The largest absolute Gasteiger partial charge is 4.00 e. The zero-order valence-electron chi connectivity index (χ0n) is 5.68. The fourth-order valence-corrected chi connectivity index (χ4v) is 0. The van der Waals surface area contributed by atoms with E-state index < -0.39 is 15.6 Å². The van der Waals surface area contributed by atoms with Gasteiger partial charge in [-0.25, -0.2) is 0 Å². The average molecular weight is 477 g/mol. The third kappa shape index (κ3) is 262. The van der Waals surface area contributed by atoms with Crippen LogP contribution in [0.1, 0.15) is 0 Å². The van der Waals surface area contributed by atoms with Crippen LogP contribution < -0.4 is 29.4 Å². The Balaban J connectivity index is -0.0000000267. The molecule has 0 rings (SSSR count). The molecule has 0 spiro atoms. The van der Waals surface area contributed by atoms with Crippen LogP contribution in [0.25, 0.3) is 0 Å². The number of hydrogen-bond acceptors (Lipinski definition) is 8. The molecular formula is BaNiO8P2Zr. The van der Waals surface area contributed by atoms with Crippen LogP contribution in [0.2, 0.25) is 0 Å². The van der Waals surface area contributed by atoms with Crippen LogP contribution >= 0.6 is 15.6 Å². The summed E-state index contributed by atoms with van der Waals surface area (Å²) in [4.78, 5) is 51.3. The van der Waals surface area contributed by atoms with E-state index in [1.807, 2.05) is 0 Å². The number of phosphoric acid groups is 2. The van der Waals surface area contributed by atoms with E-state index in [0.717, 1.165) is 0 Å². The Kier molecular flexibility index (Phi) is 30.4. The fourth-order valence-electron chi connectivity index (χ4n) is 0. The molecule has 0 N–H and O–H groups in total. The molecule has 0 aromatic heterocycles. The van der Waals surface area contributed by atoms with E-state index in [-0.39, 0.29) is 91.6 Å². The van der Waals surface area contributed by atoms with E-state index >= 15 is 0 Å². The number of hydrogen-bond donors (Lipinski definition) is 0. The second kappa shape index (κ2) is 13.2. The molecule has 0 radical (unpaired) electrons. The summed E-state index contributed by atoms with van der Waals surface area (Å²) in [6, 6.07) is 0. The molecule has 0 saturated carbocycles. The third-order valence-electron chi connectivity index (χ3n) is 0. The average Bonchev–Trinajstić information content (AvgIpc) is 1.12. The first-order valence-electron chi connectivity index (χ1n) is 1.46. The van der Waals surface area contributed by atoms with Crippen molar-refractivity contribution in [3.63, 3.8) is 0 Å². The van der Waals surface area contributed by atoms with Gasteiger partial charge in [0.15, 0.2) is 0 Å². The van der Waals surface area contributed by atoms with Gasteiger partial charge in [-0.3, -0.25) is 0 Å². The van der Waals surface area contributed by atoms with Gasteiger partial charge in [-0.15, -0.1) is 0 Å². The van der Waals surface area contributed by atoms with Gasteiger partial charge in [0.2, 0.25) is 0 Å². The molecule has 74 valence electrons. The molecule has 0 aromatic carbocycles. The van der Waals surface area contributed by atoms with E-state index in [1.54, 1.807) is 0 Å².